The first-order valence-electron chi connectivity index (χ1n) is 4.36. The van der Waals surface area contributed by atoms with Gasteiger partial charge in [-0.2, -0.15) is 5.06 Å². The van der Waals surface area contributed by atoms with Gasteiger partial charge in [0.1, 0.15) is 11.8 Å². The highest BCUT2D eigenvalue weighted by Crippen LogP contribution is 2.12. The molecule has 2 amide bonds. The molecule has 9 nitrogen and oxygen atoms in total. The van der Waals surface area contributed by atoms with Gasteiger partial charge in [0.15, 0.2) is 11.5 Å². The maximum absolute atomic E-state index is 11.1. The van der Waals surface area contributed by atoms with Gasteiger partial charge in [0.2, 0.25) is 11.7 Å². The number of rotatable bonds is 4. The SMILES string of the molecule is N=C(c1nonc1NC(=O)CCl)N(O)C(=O)CCl. The second kappa shape index (κ2) is 6.28. The summed E-state index contributed by atoms with van der Waals surface area (Å²) in [5.74, 6) is -3.43. The van der Waals surface area contributed by atoms with E-state index in [0.29, 0.717) is 0 Å². The molecule has 0 aromatic carbocycles. The van der Waals surface area contributed by atoms with E-state index >= 15 is 0 Å². The quantitative estimate of drug-likeness (QED) is 0.236. The largest absolute Gasteiger partial charge is 0.305 e. The molecule has 0 unspecified atom stereocenters. The van der Waals surface area contributed by atoms with Crippen LogP contribution in [0.5, 0.6) is 0 Å². The Kier molecular flexibility index (Phi) is 5.01. The fourth-order valence-electron chi connectivity index (χ4n) is 0.873. The van der Waals surface area contributed by atoms with Crippen molar-refractivity contribution in [3.05, 3.63) is 5.69 Å². The first-order chi connectivity index (χ1) is 8.51. The second-order valence-electron chi connectivity index (χ2n) is 2.83. The van der Waals surface area contributed by atoms with Crippen LogP contribution in [0.3, 0.4) is 0 Å². The molecular formula is C7H7Cl2N5O4. The molecule has 98 valence electrons. The van der Waals surface area contributed by atoms with Crippen molar-refractivity contribution < 1.29 is 19.4 Å². The zero-order valence-corrected chi connectivity index (χ0v) is 10.2. The van der Waals surface area contributed by atoms with Gasteiger partial charge in [-0.1, -0.05) is 0 Å². The predicted octanol–water partition coefficient (Wildman–Crippen LogP) is 0.0289. The van der Waals surface area contributed by atoms with Crippen molar-refractivity contribution in [3.63, 3.8) is 0 Å². The third-order valence-corrected chi connectivity index (χ3v) is 2.13. The van der Waals surface area contributed by atoms with E-state index in [-0.39, 0.29) is 22.5 Å². The van der Waals surface area contributed by atoms with Crippen LogP contribution in [0.25, 0.3) is 0 Å². The summed E-state index contributed by atoms with van der Waals surface area (Å²) in [7, 11) is 0. The summed E-state index contributed by atoms with van der Waals surface area (Å²) in [4.78, 5) is 22.1. The van der Waals surface area contributed by atoms with Crippen LogP contribution in [-0.2, 0) is 9.59 Å². The fourth-order valence-corrected chi connectivity index (χ4v) is 1.05. The van der Waals surface area contributed by atoms with Crippen LogP contribution in [-0.4, -0.2) is 50.0 Å². The summed E-state index contributed by atoms with van der Waals surface area (Å²) in [6.45, 7) is 0. The van der Waals surface area contributed by atoms with Crippen molar-refractivity contribution in [1.29, 1.82) is 5.41 Å². The summed E-state index contributed by atoms with van der Waals surface area (Å²) in [6.07, 6.45) is 0. The molecule has 3 N–H and O–H groups in total. The molecule has 0 bridgehead atoms. The van der Waals surface area contributed by atoms with Crippen LogP contribution < -0.4 is 5.32 Å². The van der Waals surface area contributed by atoms with Crippen molar-refractivity contribution in [3.8, 4) is 0 Å². The molecule has 0 saturated heterocycles. The smallest absolute Gasteiger partial charge is 0.267 e. The van der Waals surface area contributed by atoms with Crippen LogP contribution in [0, 0.1) is 5.41 Å². The maximum atomic E-state index is 11.1. The van der Waals surface area contributed by atoms with Crippen LogP contribution in [0.2, 0.25) is 0 Å². The van der Waals surface area contributed by atoms with Crippen molar-refractivity contribution in [1.82, 2.24) is 15.4 Å². The lowest BCUT2D eigenvalue weighted by molar-refractivity contribution is -0.146. The maximum Gasteiger partial charge on any atom is 0.267 e. The van der Waals surface area contributed by atoms with Crippen molar-refractivity contribution in [2.24, 2.45) is 0 Å². The van der Waals surface area contributed by atoms with Crippen molar-refractivity contribution in [2.75, 3.05) is 17.1 Å². The highest BCUT2D eigenvalue weighted by atomic mass is 35.5. The summed E-state index contributed by atoms with van der Waals surface area (Å²) in [5, 5.41) is 25.5. The van der Waals surface area contributed by atoms with Crippen LogP contribution >= 0.6 is 23.2 Å². The van der Waals surface area contributed by atoms with E-state index < -0.39 is 23.5 Å². The van der Waals surface area contributed by atoms with Crippen LogP contribution in [0.15, 0.2) is 4.63 Å². The Labute approximate surface area is 110 Å². The second-order valence-corrected chi connectivity index (χ2v) is 3.37. The molecule has 1 aromatic rings. The van der Waals surface area contributed by atoms with Gasteiger partial charge in [-0.05, 0) is 10.3 Å². The number of anilines is 1. The highest BCUT2D eigenvalue weighted by molar-refractivity contribution is 6.29. The molecule has 1 rings (SSSR count). The standard InChI is InChI=1S/C7H7Cl2N5O4/c8-1-3(15)11-7-5(12-18-13-7)6(10)14(17)4(16)2-9/h10,17H,1-2H2,(H,11,13,15). The zero-order valence-electron chi connectivity index (χ0n) is 8.68. The number of nitrogens with zero attached hydrogens (tertiary/aromatic N) is 3. The number of halogens is 2. The van der Waals surface area contributed by atoms with Gasteiger partial charge in [-0.25, -0.2) is 4.63 Å². The Morgan fingerprint density at radius 3 is 2.61 bits per heavy atom. The first-order valence-corrected chi connectivity index (χ1v) is 5.43. The Hall–Kier alpha value is -1.71. The topological polar surface area (TPSA) is 132 Å². The van der Waals surface area contributed by atoms with Crippen LogP contribution in [0.4, 0.5) is 5.82 Å². The van der Waals surface area contributed by atoms with Gasteiger partial charge in [0, 0.05) is 0 Å². The highest BCUT2D eigenvalue weighted by Gasteiger charge is 2.24. The molecule has 18 heavy (non-hydrogen) atoms. The third-order valence-electron chi connectivity index (χ3n) is 1.65. The monoisotopic (exact) mass is 295 g/mol. The van der Waals surface area contributed by atoms with Crippen LogP contribution in [0.1, 0.15) is 5.69 Å². The Bertz CT molecular complexity index is 476. The average molecular weight is 296 g/mol. The normalized spacial score (nSPS) is 9.94. The third kappa shape index (κ3) is 3.15. The number of hydrogen-bond donors (Lipinski definition) is 3. The van der Waals surface area contributed by atoms with E-state index in [1.807, 2.05) is 0 Å². The van der Waals surface area contributed by atoms with Gasteiger partial charge < -0.3 is 5.32 Å². The average Bonchev–Trinajstić information content (AvgIpc) is 2.83. The van der Waals surface area contributed by atoms with Crippen molar-refractivity contribution >= 4 is 46.7 Å². The summed E-state index contributed by atoms with van der Waals surface area (Å²) >= 11 is 10.5. The van der Waals surface area contributed by atoms with E-state index in [1.165, 1.54) is 0 Å². The molecule has 1 aromatic heterocycles. The number of aromatic nitrogens is 2. The number of nitrogens with one attached hydrogen (secondary N) is 2. The molecule has 0 atom stereocenters. The number of carbonyl (C=O) groups excluding carboxylic acids is 2. The van der Waals surface area contributed by atoms with Gasteiger partial charge in [-0.15, -0.1) is 23.2 Å². The van der Waals surface area contributed by atoms with Crippen molar-refractivity contribution in [2.45, 2.75) is 0 Å². The Morgan fingerprint density at radius 2 is 2.06 bits per heavy atom. The number of hydroxylamine groups is 2. The van der Waals surface area contributed by atoms with Gasteiger partial charge in [-0.3, -0.25) is 20.2 Å². The number of carbonyl (C=O) groups is 2. The molecule has 0 aliphatic rings. The predicted molar refractivity (Wildman–Crippen MR) is 59.8 cm³/mol. The first kappa shape index (κ1) is 14.4. The van der Waals surface area contributed by atoms with E-state index in [1.54, 1.807) is 0 Å². The number of amidine groups is 1. The lowest BCUT2D eigenvalue weighted by atomic mass is 10.3. The molecule has 0 fully saturated rings. The number of hydrogen-bond acceptors (Lipinski definition) is 7. The van der Waals surface area contributed by atoms with Gasteiger partial charge >= 0.3 is 0 Å². The minimum atomic E-state index is -0.945. The van der Waals surface area contributed by atoms with Gasteiger partial charge in [0.05, 0.1) is 0 Å². The van der Waals surface area contributed by atoms with E-state index in [4.69, 9.17) is 28.6 Å². The zero-order chi connectivity index (χ0) is 13.7. The lowest BCUT2D eigenvalue weighted by Crippen LogP contribution is -2.35. The molecule has 0 spiro atoms. The fraction of sp³-hybridized carbons (Fsp3) is 0.286. The molecule has 11 heteroatoms. The molecule has 0 saturated carbocycles. The van der Waals surface area contributed by atoms with E-state index in [2.05, 4.69) is 20.3 Å². The minimum Gasteiger partial charge on any atom is -0.305 e. The molecule has 0 radical (unpaired) electrons. The lowest BCUT2D eigenvalue weighted by Gasteiger charge is -2.12. The Balaban J connectivity index is 2.90. The summed E-state index contributed by atoms with van der Waals surface area (Å²) in [5.41, 5.74) is -0.338. The number of amides is 2. The van der Waals surface area contributed by atoms with E-state index in [0.717, 1.165) is 0 Å². The summed E-state index contributed by atoms with van der Waals surface area (Å²) in [6, 6.07) is 0. The molecule has 0 aliphatic carbocycles. The van der Waals surface area contributed by atoms with Gasteiger partial charge in [0.25, 0.3) is 5.91 Å². The number of alkyl halides is 2. The molecule has 0 aliphatic heterocycles. The molecular weight excluding hydrogens is 289 g/mol. The molecule has 1 heterocycles. The minimum absolute atomic E-state index is 0.0388. The van der Waals surface area contributed by atoms with E-state index in [9.17, 15) is 14.8 Å². The Morgan fingerprint density at radius 1 is 1.39 bits per heavy atom. The summed E-state index contributed by atoms with van der Waals surface area (Å²) < 4.78 is 4.30.